The fourth-order valence-electron chi connectivity index (χ4n) is 3.43. The van der Waals surface area contributed by atoms with Crippen LogP contribution in [0.2, 0.25) is 0 Å². The molecule has 1 aromatic heterocycles. The lowest BCUT2D eigenvalue weighted by Crippen LogP contribution is -2.23. The van der Waals surface area contributed by atoms with E-state index in [-0.39, 0.29) is 0 Å². The fraction of sp³-hybridized carbons (Fsp3) is 0.609. The SMILES string of the molecule is CCCCCCCCCCc1ccc(-c2noc(C(N)CCCNC(=O)O)n2)cc1. The first-order chi connectivity index (χ1) is 14.6. The first-order valence-corrected chi connectivity index (χ1v) is 11.3. The number of aryl methyl sites for hydroxylation is 1. The third-order valence-electron chi connectivity index (χ3n) is 5.26. The van der Waals surface area contributed by atoms with Crippen LogP contribution in [0.5, 0.6) is 0 Å². The summed E-state index contributed by atoms with van der Waals surface area (Å²) in [5.74, 6) is 0.908. The van der Waals surface area contributed by atoms with Gasteiger partial charge < -0.3 is 20.7 Å². The average molecular weight is 417 g/mol. The predicted molar refractivity (Wildman–Crippen MR) is 118 cm³/mol. The fourth-order valence-corrected chi connectivity index (χ4v) is 3.43. The molecular formula is C23H36N4O3. The smallest absolute Gasteiger partial charge is 0.404 e. The van der Waals surface area contributed by atoms with Crippen LogP contribution in [-0.2, 0) is 6.42 Å². The minimum Gasteiger partial charge on any atom is -0.465 e. The number of nitrogens with two attached hydrogens (primary N) is 1. The number of nitrogens with one attached hydrogen (secondary N) is 1. The Labute approximate surface area is 179 Å². The predicted octanol–water partition coefficient (Wildman–Crippen LogP) is 5.47. The Morgan fingerprint density at radius 2 is 1.73 bits per heavy atom. The molecular weight excluding hydrogens is 380 g/mol. The van der Waals surface area contributed by atoms with Gasteiger partial charge in [0.25, 0.3) is 0 Å². The van der Waals surface area contributed by atoms with Gasteiger partial charge in [-0.1, -0.05) is 81.3 Å². The average Bonchev–Trinajstić information content (AvgIpc) is 3.24. The Bertz CT molecular complexity index is 730. The van der Waals surface area contributed by atoms with E-state index in [1.54, 1.807) is 0 Å². The standard InChI is InChI=1S/C23H36N4O3/c1-2-3-4-5-6-7-8-9-11-18-13-15-19(16-14-18)21-26-22(30-27-21)20(24)12-10-17-25-23(28)29/h13-16,20,25H,2-12,17,24H2,1H3,(H,28,29). The minimum atomic E-state index is -1.03. The van der Waals surface area contributed by atoms with Gasteiger partial charge in [0.05, 0.1) is 6.04 Å². The van der Waals surface area contributed by atoms with Gasteiger partial charge >= 0.3 is 6.09 Å². The summed E-state index contributed by atoms with van der Waals surface area (Å²) < 4.78 is 5.29. The van der Waals surface area contributed by atoms with Gasteiger partial charge in [-0.3, -0.25) is 0 Å². The maximum absolute atomic E-state index is 10.4. The Hall–Kier alpha value is -2.41. The normalized spacial score (nSPS) is 12.1. The molecule has 166 valence electrons. The maximum atomic E-state index is 10.4. The maximum Gasteiger partial charge on any atom is 0.404 e. The first kappa shape index (κ1) is 23.9. The Morgan fingerprint density at radius 3 is 2.40 bits per heavy atom. The van der Waals surface area contributed by atoms with Crippen molar-refractivity contribution in [2.75, 3.05) is 6.54 Å². The van der Waals surface area contributed by atoms with Crippen molar-refractivity contribution in [3.8, 4) is 11.4 Å². The lowest BCUT2D eigenvalue weighted by molar-refractivity contribution is 0.194. The quantitative estimate of drug-likeness (QED) is 0.332. The lowest BCUT2D eigenvalue weighted by atomic mass is 10.0. The summed E-state index contributed by atoms with van der Waals surface area (Å²) in [5, 5.41) is 14.9. The number of aromatic nitrogens is 2. The van der Waals surface area contributed by atoms with Crippen LogP contribution in [0.4, 0.5) is 4.79 Å². The summed E-state index contributed by atoms with van der Waals surface area (Å²) in [6, 6.07) is 7.91. The zero-order valence-corrected chi connectivity index (χ0v) is 18.1. The van der Waals surface area contributed by atoms with Crippen LogP contribution in [0.3, 0.4) is 0 Å². The zero-order chi connectivity index (χ0) is 21.6. The van der Waals surface area contributed by atoms with Crippen molar-refractivity contribution in [3.63, 3.8) is 0 Å². The largest absolute Gasteiger partial charge is 0.465 e. The van der Waals surface area contributed by atoms with Gasteiger partial charge in [-0.2, -0.15) is 4.98 Å². The highest BCUT2D eigenvalue weighted by Crippen LogP contribution is 2.21. The molecule has 0 saturated carbocycles. The van der Waals surface area contributed by atoms with Crippen LogP contribution in [0, 0.1) is 0 Å². The molecule has 0 spiro atoms. The number of hydrogen-bond donors (Lipinski definition) is 3. The van der Waals surface area contributed by atoms with E-state index >= 15 is 0 Å². The second-order valence-electron chi connectivity index (χ2n) is 7.86. The van der Waals surface area contributed by atoms with E-state index < -0.39 is 12.1 Å². The summed E-state index contributed by atoms with van der Waals surface area (Å²) in [6.45, 7) is 2.60. The number of carbonyl (C=O) groups is 1. The van der Waals surface area contributed by atoms with Crippen LogP contribution in [0.25, 0.3) is 11.4 Å². The third kappa shape index (κ3) is 8.95. The van der Waals surface area contributed by atoms with Gasteiger partial charge in [-0.25, -0.2) is 4.79 Å². The van der Waals surface area contributed by atoms with Gasteiger partial charge in [0.2, 0.25) is 11.7 Å². The van der Waals surface area contributed by atoms with Crippen molar-refractivity contribution in [1.82, 2.24) is 15.5 Å². The van der Waals surface area contributed by atoms with Crippen LogP contribution >= 0.6 is 0 Å². The number of benzene rings is 1. The number of unbranched alkanes of at least 4 members (excludes halogenated alkanes) is 7. The second-order valence-corrected chi connectivity index (χ2v) is 7.86. The molecule has 2 aromatic rings. The summed E-state index contributed by atoms with van der Waals surface area (Å²) in [4.78, 5) is 14.8. The van der Waals surface area contributed by atoms with E-state index in [2.05, 4.69) is 34.5 Å². The van der Waals surface area contributed by atoms with Gasteiger partial charge in [0, 0.05) is 12.1 Å². The van der Waals surface area contributed by atoms with E-state index in [1.165, 1.54) is 56.9 Å². The molecule has 7 heteroatoms. The van der Waals surface area contributed by atoms with Crippen LogP contribution in [0.15, 0.2) is 28.8 Å². The molecule has 0 aliphatic carbocycles. The highest BCUT2D eigenvalue weighted by Gasteiger charge is 2.15. The summed E-state index contributed by atoms with van der Waals surface area (Å²) >= 11 is 0. The molecule has 4 N–H and O–H groups in total. The lowest BCUT2D eigenvalue weighted by Gasteiger charge is -2.06. The third-order valence-corrected chi connectivity index (χ3v) is 5.26. The highest BCUT2D eigenvalue weighted by atomic mass is 16.5. The van der Waals surface area contributed by atoms with Crippen molar-refractivity contribution < 1.29 is 14.4 Å². The Kier molecular flexibility index (Phi) is 10.9. The van der Waals surface area contributed by atoms with E-state index in [4.69, 9.17) is 15.4 Å². The molecule has 0 aliphatic rings. The first-order valence-electron chi connectivity index (χ1n) is 11.3. The molecule has 2 rings (SSSR count). The Balaban J connectivity index is 1.71. The second kappa shape index (κ2) is 13.7. The van der Waals surface area contributed by atoms with Crippen LogP contribution < -0.4 is 11.1 Å². The molecule has 30 heavy (non-hydrogen) atoms. The van der Waals surface area contributed by atoms with Crippen LogP contribution in [-0.4, -0.2) is 27.9 Å². The molecule has 1 aromatic carbocycles. The summed E-state index contributed by atoms with van der Waals surface area (Å²) in [7, 11) is 0. The number of nitrogens with zero attached hydrogens (tertiary/aromatic N) is 2. The van der Waals surface area contributed by atoms with E-state index in [1.807, 2.05) is 12.1 Å². The van der Waals surface area contributed by atoms with Crippen molar-refractivity contribution in [1.29, 1.82) is 0 Å². The molecule has 0 radical (unpaired) electrons. The summed E-state index contributed by atoms with van der Waals surface area (Å²) in [5.41, 5.74) is 8.31. The summed E-state index contributed by atoms with van der Waals surface area (Å²) in [6.07, 6.45) is 11.9. The van der Waals surface area contributed by atoms with Crippen molar-refractivity contribution >= 4 is 6.09 Å². The van der Waals surface area contributed by atoms with Gasteiger partial charge in [0.15, 0.2) is 0 Å². The van der Waals surface area contributed by atoms with Crippen LogP contribution in [0.1, 0.15) is 88.6 Å². The topological polar surface area (TPSA) is 114 Å². The van der Waals surface area contributed by atoms with E-state index in [9.17, 15) is 4.79 Å². The highest BCUT2D eigenvalue weighted by molar-refractivity contribution is 5.64. The van der Waals surface area contributed by atoms with Gasteiger partial charge in [-0.05, 0) is 31.2 Å². The molecule has 1 heterocycles. The molecule has 7 nitrogen and oxygen atoms in total. The van der Waals surface area contributed by atoms with Crippen molar-refractivity contribution in [2.24, 2.45) is 5.73 Å². The molecule has 1 unspecified atom stereocenters. The van der Waals surface area contributed by atoms with E-state index in [0.717, 1.165) is 12.0 Å². The molecule has 0 bridgehead atoms. The number of carboxylic acid groups (broad SMARTS) is 1. The Morgan fingerprint density at radius 1 is 1.07 bits per heavy atom. The van der Waals surface area contributed by atoms with Gasteiger partial charge in [0.1, 0.15) is 0 Å². The number of hydrogen-bond acceptors (Lipinski definition) is 5. The zero-order valence-electron chi connectivity index (χ0n) is 18.1. The monoisotopic (exact) mass is 416 g/mol. The molecule has 0 saturated heterocycles. The molecule has 1 amide bonds. The molecule has 1 atom stereocenters. The van der Waals surface area contributed by atoms with Gasteiger partial charge in [-0.15, -0.1) is 0 Å². The van der Waals surface area contributed by atoms with Crippen molar-refractivity contribution in [2.45, 2.75) is 83.6 Å². The molecule has 0 fully saturated rings. The minimum absolute atomic E-state index is 0.352. The van der Waals surface area contributed by atoms with E-state index in [0.29, 0.717) is 31.1 Å². The number of amides is 1. The molecule has 0 aliphatic heterocycles. The van der Waals surface area contributed by atoms with Crippen molar-refractivity contribution in [3.05, 3.63) is 35.7 Å². The number of rotatable bonds is 15.